The predicted molar refractivity (Wildman–Crippen MR) is 125 cm³/mol. The Balaban J connectivity index is 1.50. The quantitative estimate of drug-likeness (QED) is 0.306. The summed E-state index contributed by atoms with van der Waals surface area (Å²) in [7, 11) is 0. The number of halogens is 1. The van der Waals surface area contributed by atoms with E-state index in [1.54, 1.807) is 11.8 Å². The standard InChI is InChI=1S/C26H20FN3S/c27-18-13-11-16(12-14-18)24-19-5-1-2-6-21(19)28-25(17-9-10-17)20(24)15-31-26-29-22-7-3-4-8-23(22)30-26/h1-8,11-14,17H,9-10,15H2,(H,29,30). The third-order valence-electron chi connectivity index (χ3n) is 5.84. The van der Waals surface area contributed by atoms with Gasteiger partial charge in [-0.25, -0.2) is 9.37 Å². The molecule has 0 saturated heterocycles. The minimum Gasteiger partial charge on any atom is -0.333 e. The zero-order valence-corrected chi connectivity index (χ0v) is 17.6. The smallest absolute Gasteiger partial charge is 0.166 e. The number of nitrogens with zero attached hydrogens (tertiary/aromatic N) is 2. The lowest BCUT2D eigenvalue weighted by Crippen LogP contribution is -2.01. The molecule has 1 saturated carbocycles. The molecule has 1 N–H and O–H groups in total. The molecule has 0 radical (unpaired) electrons. The SMILES string of the molecule is Fc1ccc(-c2c(CSc3nc4ccccc4[nH]3)c(C3CC3)nc3ccccc23)cc1. The Morgan fingerprint density at radius 2 is 1.61 bits per heavy atom. The minimum absolute atomic E-state index is 0.220. The molecular formula is C26H20FN3S. The highest BCUT2D eigenvalue weighted by Gasteiger charge is 2.30. The first kappa shape index (κ1) is 18.6. The van der Waals surface area contributed by atoms with Crippen LogP contribution >= 0.6 is 11.8 Å². The van der Waals surface area contributed by atoms with Gasteiger partial charge in [0.1, 0.15) is 5.82 Å². The van der Waals surface area contributed by atoms with Crippen LogP contribution in [0.25, 0.3) is 33.1 Å². The molecule has 1 aliphatic rings. The molecule has 3 aromatic carbocycles. The predicted octanol–water partition coefficient (Wildman–Crippen LogP) is 7.09. The summed E-state index contributed by atoms with van der Waals surface area (Å²) in [6, 6.07) is 23.2. The van der Waals surface area contributed by atoms with E-state index < -0.39 is 0 Å². The molecule has 0 unspecified atom stereocenters. The molecule has 0 amide bonds. The maximum absolute atomic E-state index is 13.7. The number of rotatable bonds is 5. The number of fused-ring (bicyclic) bond motifs is 2. The molecule has 152 valence electrons. The maximum atomic E-state index is 13.7. The van der Waals surface area contributed by atoms with Gasteiger partial charge in [0.05, 0.1) is 16.6 Å². The van der Waals surface area contributed by atoms with E-state index in [1.807, 2.05) is 48.5 Å². The van der Waals surface area contributed by atoms with E-state index in [0.29, 0.717) is 5.92 Å². The number of H-pyrrole nitrogens is 1. The Labute approximate surface area is 183 Å². The second kappa shape index (κ2) is 7.50. The van der Waals surface area contributed by atoms with Crippen LogP contribution in [0.4, 0.5) is 4.39 Å². The number of hydrogen-bond acceptors (Lipinski definition) is 3. The molecule has 5 aromatic rings. The maximum Gasteiger partial charge on any atom is 0.166 e. The minimum atomic E-state index is -0.220. The molecular weight excluding hydrogens is 405 g/mol. The highest BCUT2D eigenvalue weighted by molar-refractivity contribution is 7.98. The Kier molecular flexibility index (Phi) is 4.50. The number of hydrogen-bond donors (Lipinski definition) is 1. The lowest BCUT2D eigenvalue weighted by Gasteiger charge is -2.17. The first-order chi connectivity index (χ1) is 15.3. The van der Waals surface area contributed by atoms with E-state index >= 15 is 0 Å². The number of thioether (sulfide) groups is 1. The van der Waals surface area contributed by atoms with Gasteiger partial charge >= 0.3 is 0 Å². The summed E-state index contributed by atoms with van der Waals surface area (Å²) in [6.45, 7) is 0. The summed E-state index contributed by atoms with van der Waals surface area (Å²) in [5.74, 6) is 1.05. The van der Waals surface area contributed by atoms with Crippen molar-refractivity contribution in [3.8, 4) is 11.1 Å². The van der Waals surface area contributed by atoms with Gasteiger partial charge in [0.2, 0.25) is 0 Å². The normalized spacial score (nSPS) is 13.8. The van der Waals surface area contributed by atoms with Crippen molar-refractivity contribution < 1.29 is 4.39 Å². The number of aromatic amines is 1. The van der Waals surface area contributed by atoms with Gasteiger partial charge in [-0.2, -0.15) is 0 Å². The van der Waals surface area contributed by atoms with E-state index in [0.717, 1.165) is 44.0 Å². The second-order valence-corrected chi connectivity index (χ2v) is 8.96. The molecule has 5 heteroatoms. The fourth-order valence-electron chi connectivity index (χ4n) is 4.20. The summed E-state index contributed by atoms with van der Waals surface area (Å²) in [5.41, 5.74) is 7.63. The first-order valence-electron chi connectivity index (χ1n) is 10.5. The van der Waals surface area contributed by atoms with Gasteiger partial charge in [0, 0.05) is 22.8 Å². The van der Waals surface area contributed by atoms with Crippen molar-refractivity contribution in [3.63, 3.8) is 0 Å². The van der Waals surface area contributed by atoms with Crippen molar-refractivity contribution in [1.29, 1.82) is 0 Å². The largest absolute Gasteiger partial charge is 0.333 e. The van der Waals surface area contributed by atoms with Crippen LogP contribution in [-0.2, 0) is 5.75 Å². The van der Waals surface area contributed by atoms with Crippen molar-refractivity contribution in [2.75, 3.05) is 0 Å². The van der Waals surface area contributed by atoms with E-state index in [-0.39, 0.29) is 5.82 Å². The molecule has 31 heavy (non-hydrogen) atoms. The molecule has 1 fully saturated rings. The van der Waals surface area contributed by atoms with Crippen LogP contribution in [0.3, 0.4) is 0 Å². The number of para-hydroxylation sites is 3. The summed E-state index contributed by atoms with van der Waals surface area (Å²) in [5, 5.41) is 2.01. The molecule has 3 nitrogen and oxygen atoms in total. The van der Waals surface area contributed by atoms with E-state index in [9.17, 15) is 4.39 Å². The lowest BCUT2D eigenvalue weighted by atomic mass is 9.93. The zero-order chi connectivity index (χ0) is 20.8. The number of imidazole rings is 1. The fraction of sp³-hybridized carbons (Fsp3) is 0.154. The third kappa shape index (κ3) is 3.49. The highest BCUT2D eigenvalue weighted by atomic mass is 32.2. The van der Waals surface area contributed by atoms with Gasteiger partial charge in [-0.05, 0) is 59.9 Å². The van der Waals surface area contributed by atoms with Gasteiger partial charge in [-0.1, -0.05) is 54.2 Å². The molecule has 1 aliphatic carbocycles. The summed E-state index contributed by atoms with van der Waals surface area (Å²) < 4.78 is 13.7. The summed E-state index contributed by atoms with van der Waals surface area (Å²) in [4.78, 5) is 13.2. The summed E-state index contributed by atoms with van der Waals surface area (Å²) >= 11 is 1.70. The fourth-order valence-corrected chi connectivity index (χ4v) is 5.11. The first-order valence-corrected chi connectivity index (χ1v) is 11.5. The van der Waals surface area contributed by atoms with Crippen LogP contribution in [0.5, 0.6) is 0 Å². The van der Waals surface area contributed by atoms with Gasteiger partial charge in [0.25, 0.3) is 0 Å². The molecule has 0 bridgehead atoms. The molecule has 2 heterocycles. The Morgan fingerprint density at radius 1 is 0.871 bits per heavy atom. The van der Waals surface area contributed by atoms with Crippen molar-refractivity contribution in [2.24, 2.45) is 0 Å². The van der Waals surface area contributed by atoms with Crippen LogP contribution in [0.2, 0.25) is 0 Å². The number of benzene rings is 3. The van der Waals surface area contributed by atoms with Crippen molar-refractivity contribution in [1.82, 2.24) is 15.0 Å². The van der Waals surface area contributed by atoms with Crippen LogP contribution in [0.1, 0.15) is 30.0 Å². The number of pyridine rings is 1. The second-order valence-electron chi connectivity index (χ2n) is 8.00. The van der Waals surface area contributed by atoms with Gasteiger partial charge in [0.15, 0.2) is 5.16 Å². The van der Waals surface area contributed by atoms with Gasteiger partial charge < -0.3 is 4.98 Å². The molecule has 0 atom stereocenters. The van der Waals surface area contributed by atoms with Crippen molar-refractivity contribution in [2.45, 2.75) is 29.7 Å². The third-order valence-corrected chi connectivity index (χ3v) is 6.74. The van der Waals surface area contributed by atoms with E-state index in [2.05, 4.69) is 17.1 Å². The van der Waals surface area contributed by atoms with Crippen LogP contribution < -0.4 is 0 Å². The number of aromatic nitrogens is 3. The molecule has 6 rings (SSSR count). The number of nitrogens with one attached hydrogen (secondary N) is 1. The Bertz CT molecular complexity index is 1370. The van der Waals surface area contributed by atoms with Crippen LogP contribution in [-0.4, -0.2) is 15.0 Å². The topological polar surface area (TPSA) is 41.6 Å². The van der Waals surface area contributed by atoms with Gasteiger partial charge in [-0.3, -0.25) is 4.98 Å². The average molecular weight is 426 g/mol. The average Bonchev–Trinajstić information content (AvgIpc) is 3.56. The van der Waals surface area contributed by atoms with E-state index in [1.165, 1.54) is 36.2 Å². The highest BCUT2D eigenvalue weighted by Crippen LogP contribution is 2.46. The van der Waals surface area contributed by atoms with Crippen LogP contribution in [0.15, 0.2) is 78.0 Å². The molecule has 0 aliphatic heterocycles. The zero-order valence-electron chi connectivity index (χ0n) is 16.8. The molecule has 2 aromatic heterocycles. The Hall–Kier alpha value is -3.18. The van der Waals surface area contributed by atoms with Crippen molar-refractivity contribution in [3.05, 3.63) is 89.9 Å². The van der Waals surface area contributed by atoms with Crippen molar-refractivity contribution >= 4 is 33.7 Å². The van der Waals surface area contributed by atoms with Gasteiger partial charge in [-0.15, -0.1) is 0 Å². The molecule has 0 spiro atoms. The van der Waals surface area contributed by atoms with E-state index in [4.69, 9.17) is 9.97 Å². The Morgan fingerprint density at radius 3 is 2.39 bits per heavy atom. The van der Waals surface area contributed by atoms with Crippen LogP contribution in [0, 0.1) is 5.82 Å². The lowest BCUT2D eigenvalue weighted by molar-refractivity contribution is 0.628. The monoisotopic (exact) mass is 425 g/mol. The summed E-state index contributed by atoms with van der Waals surface area (Å²) in [6.07, 6.45) is 2.35.